The molecule has 1 heterocycles. The monoisotopic (exact) mass is 182 g/mol. The molecular weight excluding hydrogens is 168 g/mol. The minimum absolute atomic E-state index is 0.159. The van der Waals surface area contributed by atoms with Gasteiger partial charge in [0.05, 0.1) is 6.42 Å². The van der Waals surface area contributed by atoms with Crippen LogP contribution in [0.2, 0.25) is 0 Å². The SMILES string of the molecule is CC1(C)C(=O)C[C@@H]2OC(=O)C[C@@]21C. The largest absolute Gasteiger partial charge is 0.461 e. The Morgan fingerprint density at radius 1 is 1.31 bits per heavy atom. The molecule has 2 atom stereocenters. The van der Waals surface area contributed by atoms with E-state index in [1.54, 1.807) is 0 Å². The molecule has 0 unspecified atom stereocenters. The molecule has 0 aromatic carbocycles. The van der Waals surface area contributed by atoms with Crippen LogP contribution in [0.15, 0.2) is 0 Å². The molecule has 2 aliphatic rings. The molecule has 0 amide bonds. The molecule has 3 heteroatoms. The fraction of sp³-hybridized carbons (Fsp3) is 0.800. The summed E-state index contributed by atoms with van der Waals surface area (Å²) in [5.74, 6) is 0.0561. The molecule has 2 fully saturated rings. The van der Waals surface area contributed by atoms with E-state index in [4.69, 9.17) is 4.74 Å². The Morgan fingerprint density at radius 2 is 1.92 bits per heavy atom. The Morgan fingerprint density at radius 3 is 2.46 bits per heavy atom. The van der Waals surface area contributed by atoms with E-state index in [2.05, 4.69) is 0 Å². The summed E-state index contributed by atoms with van der Waals surface area (Å²) in [4.78, 5) is 22.8. The van der Waals surface area contributed by atoms with Crippen LogP contribution < -0.4 is 0 Å². The lowest BCUT2D eigenvalue weighted by atomic mass is 9.67. The lowest BCUT2D eigenvalue weighted by Crippen LogP contribution is -2.37. The molecule has 0 aromatic rings. The van der Waals surface area contributed by atoms with Crippen molar-refractivity contribution in [1.82, 2.24) is 0 Å². The van der Waals surface area contributed by atoms with E-state index in [1.165, 1.54) is 0 Å². The van der Waals surface area contributed by atoms with Crippen molar-refractivity contribution in [2.24, 2.45) is 10.8 Å². The number of carbonyl (C=O) groups excluding carboxylic acids is 2. The van der Waals surface area contributed by atoms with Gasteiger partial charge in [0.2, 0.25) is 0 Å². The number of ketones is 1. The van der Waals surface area contributed by atoms with Crippen LogP contribution >= 0.6 is 0 Å². The zero-order valence-electron chi connectivity index (χ0n) is 8.22. The molecule has 0 spiro atoms. The first-order valence-electron chi connectivity index (χ1n) is 4.61. The van der Waals surface area contributed by atoms with Gasteiger partial charge in [-0.05, 0) is 0 Å². The van der Waals surface area contributed by atoms with Crippen LogP contribution in [0.1, 0.15) is 33.6 Å². The molecule has 0 bridgehead atoms. The summed E-state index contributed by atoms with van der Waals surface area (Å²) < 4.78 is 5.13. The second-order valence-electron chi connectivity index (χ2n) is 4.83. The van der Waals surface area contributed by atoms with E-state index >= 15 is 0 Å². The van der Waals surface area contributed by atoms with Gasteiger partial charge in [0.1, 0.15) is 11.9 Å². The van der Waals surface area contributed by atoms with Gasteiger partial charge in [-0.1, -0.05) is 20.8 Å². The molecule has 13 heavy (non-hydrogen) atoms. The molecule has 1 aliphatic carbocycles. The number of carbonyl (C=O) groups is 2. The summed E-state index contributed by atoms with van der Waals surface area (Å²) in [6.07, 6.45) is 0.605. The van der Waals surface area contributed by atoms with Crippen molar-refractivity contribution in [3.05, 3.63) is 0 Å². The van der Waals surface area contributed by atoms with Gasteiger partial charge in [0.15, 0.2) is 0 Å². The Bertz CT molecular complexity index is 293. The van der Waals surface area contributed by atoms with Crippen LogP contribution in [0, 0.1) is 10.8 Å². The van der Waals surface area contributed by atoms with Crippen molar-refractivity contribution < 1.29 is 14.3 Å². The number of esters is 1. The Hall–Kier alpha value is -0.860. The van der Waals surface area contributed by atoms with Crippen LogP contribution in [0.5, 0.6) is 0 Å². The number of hydrogen-bond acceptors (Lipinski definition) is 3. The molecule has 2 rings (SSSR count). The van der Waals surface area contributed by atoms with Crippen molar-refractivity contribution in [3.63, 3.8) is 0 Å². The third kappa shape index (κ3) is 0.847. The number of ether oxygens (including phenoxy) is 1. The molecular formula is C10H14O3. The van der Waals surface area contributed by atoms with E-state index < -0.39 is 5.41 Å². The van der Waals surface area contributed by atoms with E-state index in [1.807, 2.05) is 20.8 Å². The van der Waals surface area contributed by atoms with Gasteiger partial charge in [0, 0.05) is 17.3 Å². The van der Waals surface area contributed by atoms with Gasteiger partial charge in [-0.15, -0.1) is 0 Å². The predicted molar refractivity (Wildman–Crippen MR) is 46.0 cm³/mol. The van der Waals surface area contributed by atoms with Gasteiger partial charge < -0.3 is 4.74 Å². The second kappa shape index (κ2) is 2.14. The second-order valence-corrected chi connectivity index (χ2v) is 4.83. The highest BCUT2D eigenvalue weighted by molar-refractivity contribution is 5.91. The number of rotatable bonds is 0. The molecule has 0 N–H and O–H groups in total. The van der Waals surface area contributed by atoms with Gasteiger partial charge >= 0.3 is 5.97 Å². The molecule has 1 saturated heterocycles. The first-order valence-corrected chi connectivity index (χ1v) is 4.61. The number of fused-ring (bicyclic) bond motifs is 1. The van der Waals surface area contributed by atoms with Gasteiger partial charge in [0.25, 0.3) is 0 Å². The maximum absolute atomic E-state index is 11.6. The summed E-state index contributed by atoms with van der Waals surface area (Å²) in [6, 6.07) is 0. The maximum atomic E-state index is 11.6. The average molecular weight is 182 g/mol. The Balaban J connectivity index is 2.43. The van der Waals surface area contributed by atoms with Crippen LogP contribution in [0.25, 0.3) is 0 Å². The predicted octanol–water partition coefficient (Wildman–Crippen LogP) is 1.31. The van der Waals surface area contributed by atoms with Crippen LogP contribution in [-0.2, 0) is 14.3 Å². The van der Waals surface area contributed by atoms with Crippen molar-refractivity contribution in [1.29, 1.82) is 0 Å². The summed E-state index contributed by atoms with van der Waals surface area (Å²) in [7, 11) is 0. The van der Waals surface area contributed by atoms with Gasteiger partial charge in [-0.2, -0.15) is 0 Å². The van der Waals surface area contributed by atoms with Crippen LogP contribution in [0.4, 0.5) is 0 Å². The quantitative estimate of drug-likeness (QED) is 0.530. The highest BCUT2D eigenvalue weighted by Crippen LogP contribution is 2.56. The van der Waals surface area contributed by atoms with Crippen molar-refractivity contribution in [2.75, 3.05) is 0 Å². The summed E-state index contributed by atoms with van der Waals surface area (Å²) in [5, 5.41) is 0. The van der Waals surface area contributed by atoms with E-state index in [9.17, 15) is 9.59 Å². The molecule has 3 nitrogen and oxygen atoms in total. The minimum atomic E-state index is -0.413. The van der Waals surface area contributed by atoms with E-state index in [0.29, 0.717) is 12.8 Å². The van der Waals surface area contributed by atoms with E-state index in [0.717, 1.165) is 0 Å². The standard InChI is InChI=1S/C10H14O3/c1-9(2)6(11)4-7-10(9,3)5-8(12)13-7/h7H,4-5H2,1-3H3/t7-,10-/m0/s1. The summed E-state index contributed by atoms with van der Waals surface area (Å²) in [5.41, 5.74) is -0.689. The third-order valence-corrected chi connectivity index (χ3v) is 3.99. The topological polar surface area (TPSA) is 43.4 Å². The number of Topliss-reactive ketones (excluding diaryl/α,β-unsaturated/α-hetero) is 1. The average Bonchev–Trinajstić information content (AvgIpc) is 2.33. The van der Waals surface area contributed by atoms with E-state index in [-0.39, 0.29) is 23.3 Å². The highest BCUT2D eigenvalue weighted by atomic mass is 16.6. The van der Waals surface area contributed by atoms with Crippen molar-refractivity contribution in [2.45, 2.75) is 39.7 Å². The third-order valence-electron chi connectivity index (χ3n) is 3.99. The van der Waals surface area contributed by atoms with Crippen LogP contribution in [0.3, 0.4) is 0 Å². The molecule has 1 aliphatic heterocycles. The molecule has 1 saturated carbocycles. The zero-order valence-corrected chi connectivity index (χ0v) is 8.22. The minimum Gasteiger partial charge on any atom is -0.461 e. The molecule has 72 valence electrons. The smallest absolute Gasteiger partial charge is 0.306 e. The normalized spacial score (nSPS) is 41.9. The van der Waals surface area contributed by atoms with Crippen LogP contribution in [-0.4, -0.2) is 17.9 Å². The summed E-state index contributed by atoms with van der Waals surface area (Å²) in [6.45, 7) is 5.81. The maximum Gasteiger partial charge on any atom is 0.306 e. The van der Waals surface area contributed by atoms with Gasteiger partial charge in [-0.25, -0.2) is 0 Å². The molecule has 0 radical (unpaired) electrons. The van der Waals surface area contributed by atoms with Crippen molar-refractivity contribution in [3.8, 4) is 0 Å². The Labute approximate surface area is 77.4 Å². The number of hydrogen-bond donors (Lipinski definition) is 0. The fourth-order valence-corrected chi connectivity index (χ4v) is 2.38. The zero-order chi connectivity index (χ0) is 9.85. The summed E-state index contributed by atoms with van der Waals surface area (Å²) >= 11 is 0. The first-order chi connectivity index (χ1) is 5.88. The first kappa shape index (κ1) is 8.73. The van der Waals surface area contributed by atoms with Crippen molar-refractivity contribution >= 4 is 11.8 Å². The lowest BCUT2D eigenvalue weighted by Gasteiger charge is -2.33. The molecule has 0 aromatic heterocycles. The fourth-order valence-electron chi connectivity index (χ4n) is 2.38. The Kier molecular flexibility index (Phi) is 1.44. The lowest BCUT2D eigenvalue weighted by molar-refractivity contribution is -0.142. The highest BCUT2D eigenvalue weighted by Gasteiger charge is 2.63. The van der Waals surface area contributed by atoms with Gasteiger partial charge in [-0.3, -0.25) is 9.59 Å².